The van der Waals surface area contributed by atoms with E-state index >= 15 is 0 Å². The molecular formula is C13H19NO3. The molecule has 0 heterocycles. The summed E-state index contributed by atoms with van der Waals surface area (Å²) in [5.41, 5.74) is 6.78. The lowest BCUT2D eigenvalue weighted by Crippen LogP contribution is -2.35. The van der Waals surface area contributed by atoms with Crippen LogP contribution in [-0.4, -0.2) is 31.8 Å². The summed E-state index contributed by atoms with van der Waals surface area (Å²) in [6.45, 7) is 3.19. The van der Waals surface area contributed by atoms with Gasteiger partial charge in [0, 0.05) is 6.61 Å². The van der Waals surface area contributed by atoms with E-state index in [4.69, 9.17) is 15.2 Å². The molecule has 0 amide bonds. The molecule has 0 aliphatic rings. The average molecular weight is 237 g/mol. The van der Waals surface area contributed by atoms with Gasteiger partial charge < -0.3 is 15.2 Å². The second kappa shape index (κ2) is 7.81. The zero-order valence-electron chi connectivity index (χ0n) is 10.1. The molecule has 0 saturated carbocycles. The van der Waals surface area contributed by atoms with Gasteiger partial charge in [0.1, 0.15) is 12.6 Å². The molecule has 0 aliphatic carbocycles. The van der Waals surface area contributed by atoms with Crippen molar-refractivity contribution >= 4 is 5.97 Å². The van der Waals surface area contributed by atoms with E-state index in [-0.39, 0.29) is 12.6 Å². The number of benzene rings is 1. The van der Waals surface area contributed by atoms with Crippen LogP contribution in [0.2, 0.25) is 0 Å². The Morgan fingerprint density at radius 3 is 2.65 bits per heavy atom. The largest absolute Gasteiger partial charge is 0.462 e. The summed E-state index contributed by atoms with van der Waals surface area (Å²) in [6.07, 6.45) is 0.494. The maximum atomic E-state index is 11.5. The van der Waals surface area contributed by atoms with Crippen molar-refractivity contribution < 1.29 is 14.3 Å². The summed E-state index contributed by atoms with van der Waals surface area (Å²) in [6, 6.07) is 9.03. The number of esters is 1. The van der Waals surface area contributed by atoms with Crippen LogP contribution < -0.4 is 5.73 Å². The van der Waals surface area contributed by atoms with Crippen molar-refractivity contribution in [1.82, 2.24) is 0 Å². The topological polar surface area (TPSA) is 61.5 Å². The van der Waals surface area contributed by atoms with Gasteiger partial charge in [0.2, 0.25) is 0 Å². The molecule has 0 saturated heterocycles. The van der Waals surface area contributed by atoms with Crippen molar-refractivity contribution in [1.29, 1.82) is 0 Å². The van der Waals surface area contributed by atoms with Gasteiger partial charge in [0.05, 0.1) is 6.61 Å². The minimum Gasteiger partial charge on any atom is -0.462 e. The molecule has 2 N–H and O–H groups in total. The van der Waals surface area contributed by atoms with Gasteiger partial charge in [-0.2, -0.15) is 0 Å². The Bertz CT molecular complexity index is 327. The number of hydrogen-bond acceptors (Lipinski definition) is 4. The van der Waals surface area contributed by atoms with Crippen molar-refractivity contribution in [3.05, 3.63) is 35.9 Å². The molecule has 4 nitrogen and oxygen atoms in total. The third-order valence-corrected chi connectivity index (χ3v) is 2.28. The van der Waals surface area contributed by atoms with Crippen molar-refractivity contribution in [3.63, 3.8) is 0 Å². The van der Waals surface area contributed by atoms with Crippen LogP contribution in [0.3, 0.4) is 0 Å². The van der Waals surface area contributed by atoms with Crippen LogP contribution in [0, 0.1) is 0 Å². The molecule has 0 bridgehead atoms. The third-order valence-electron chi connectivity index (χ3n) is 2.28. The summed E-state index contributed by atoms with van der Waals surface area (Å²) in [7, 11) is 0. The van der Waals surface area contributed by atoms with E-state index < -0.39 is 6.04 Å². The average Bonchev–Trinajstić information content (AvgIpc) is 2.35. The quantitative estimate of drug-likeness (QED) is 0.570. The maximum absolute atomic E-state index is 11.5. The van der Waals surface area contributed by atoms with Crippen LogP contribution in [0.25, 0.3) is 0 Å². The van der Waals surface area contributed by atoms with Gasteiger partial charge in [0.25, 0.3) is 0 Å². The van der Waals surface area contributed by atoms with E-state index in [1.54, 1.807) is 0 Å². The molecule has 17 heavy (non-hydrogen) atoms. The normalized spacial score (nSPS) is 12.1. The van der Waals surface area contributed by atoms with Crippen molar-refractivity contribution in [2.24, 2.45) is 5.73 Å². The van der Waals surface area contributed by atoms with E-state index in [9.17, 15) is 4.79 Å². The predicted octanol–water partition coefficient (Wildman–Crippen LogP) is 1.14. The highest BCUT2D eigenvalue weighted by Gasteiger charge is 2.15. The number of ether oxygens (including phenoxy) is 2. The minimum atomic E-state index is -0.612. The molecule has 0 aromatic heterocycles. The number of rotatable bonds is 7. The number of carbonyl (C=O) groups excluding carboxylic acids is 1. The van der Waals surface area contributed by atoms with Crippen LogP contribution in [-0.2, 0) is 20.7 Å². The van der Waals surface area contributed by atoms with Gasteiger partial charge in [-0.25, -0.2) is 0 Å². The van der Waals surface area contributed by atoms with Crippen LogP contribution in [0.5, 0.6) is 0 Å². The van der Waals surface area contributed by atoms with E-state index in [2.05, 4.69) is 0 Å². The Hall–Kier alpha value is -1.39. The molecule has 4 heteroatoms. The monoisotopic (exact) mass is 237 g/mol. The lowest BCUT2D eigenvalue weighted by molar-refractivity contribution is -0.146. The summed E-state index contributed by atoms with van der Waals surface area (Å²) in [4.78, 5) is 11.5. The Balaban J connectivity index is 2.27. The first kappa shape index (κ1) is 13.7. The van der Waals surface area contributed by atoms with Gasteiger partial charge in [-0.1, -0.05) is 30.3 Å². The summed E-state index contributed by atoms with van der Waals surface area (Å²) in [5.74, 6) is -0.381. The Labute approximate surface area is 102 Å². The zero-order valence-corrected chi connectivity index (χ0v) is 10.1. The molecule has 0 unspecified atom stereocenters. The summed E-state index contributed by atoms with van der Waals surface area (Å²) in [5, 5.41) is 0. The smallest absolute Gasteiger partial charge is 0.323 e. The molecule has 94 valence electrons. The van der Waals surface area contributed by atoms with E-state index in [0.29, 0.717) is 19.6 Å². The fraction of sp³-hybridized carbons (Fsp3) is 0.462. The first-order chi connectivity index (χ1) is 8.24. The SMILES string of the molecule is CCOCCOC(=O)[C@@H](N)Cc1ccccc1. The molecule has 1 aromatic rings. The molecule has 1 aromatic carbocycles. The van der Waals surface area contributed by atoms with Crippen LogP contribution in [0.1, 0.15) is 12.5 Å². The van der Waals surface area contributed by atoms with Gasteiger partial charge in [-0.15, -0.1) is 0 Å². The first-order valence-corrected chi connectivity index (χ1v) is 5.78. The highest BCUT2D eigenvalue weighted by molar-refractivity contribution is 5.75. The number of hydrogen-bond donors (Lipinski definition) is 1. The third kappa shape index (κ3) is 5.47. The second-order valence-electron chi connectivity index (χ2n) is 3.66. The lowest BCUT2D eigenvalue weighted by atomic mass is 10.1. The van der Waals surface area contributed by atoms with Crippen LogP contribution >= 0.6 is 0 Å². The van der Waals surface area contributed by atoms with E-state index in [1.165, 1.54) is 0 Å². The standard InChI is InChI=1S/C13H19NO3/c1-2-16-8-9-17-13(15)12(14)10-11-6-4-3-5-7-11/h3-7,12H,2,8-10,14H2,1H3/t12-/m0/s1. The van der Waals surface area contributed by atoms with Crippen LogP contribution in [0.15, 0.2) is 30.3 Å². The molecular weight excluding hydrogens is 218 g/mol. The van der Waals surface area contributed by atoms with E-state index in [1.807, 2.05) is 37.3 Å². The van der Waals surface area contributed by atoms with Crippen molar-refractivity contribution in [2.45, 2.75) is 19.4 Å². The highest BCUT2D eigenvalue weighted by atomic mass is 16.6. The van der Waals surface area contributed by atoms with Gasteiger partial charge in [-0.05, 0) is 18.9 Å². The van der Waals surface area contributed by atoms with E-state index in [0.717, 1.165) is 5.56 Å². The fourth-order valence-corrected chi connectivity index (χ4v) is 1.40. The van der Waals surface area contributed by atoms with Gasteiger partial charge in [-0.3, -0.25) is 4.79 Å². The second-order valence-corrected chi connectivity index (χ2v) is 3.66. The Morgan fingerprint density at radius 2 is 2.00 bits per heavy atom. The van der Waals surface area contributed by atoms with Crippen LogP contribution in [0.4, 0.5) is 0 Å². The predicted molar refractivity (Wildman–Crippen MR) is 65.6 cm³/mol. The summed E-state index contributed by atoms with van der Waals surface area (Å²) >= 11 is 0. The highest BCUT2D eigenvalue weighted by Crippen LogP contribution is 2.02. The van der Waals surface area contributed by atoms with Crippen molar-refractivity contribution in [3.8, 4) is 0 Å². The minimum absolute atomic E-state index is 0.259. The van der Waals surface area contributed by atoms with Gasteiger partial charge >= 0.3 is 5.97 Å². The zero-order chi connectivity index (χ0) is 12.5. The summed E-state index contributed by atoms with van der Waals surface area (Å²) < 4.78 is 10.1. The number of nitrogens with two attached hydrogens (primary N) is 1. The molecule has 0 radical (unpaired) electrons. The Kier molecular flexibility index (Phi) is 6.29. The molecule has 0 spiro atoms. The lowest BCUT2D eigenvalue weighted by Gasteiger charge is -2.11. The van der Waals surface area contributed by atoms with Gasteiger partial charge in [0.15, 0.2) is 0 Å². The number of carbonyl (C=O) groups is 1. The molecule has 0 aliphatic heterocycles. The van der Waals surface area contributed by atoms with Crippen molar-refractivity contribution in [2.75, 3.05) is 19.8 Å². The first-order valence-electron chi connectivity index (χ1n) is 5.78. The molecule has 1 atom stereocenters. The molecule has 0 fully saturated rings. The Morgan fingerprint density at radius 1 is 1.29 bits per heavy atom. The maximum Gasteiger partial charge on any atom is 0.323 e. The fourth-order valence-electron chi connectivity index (χ4n) is 1.40. The molecule has 1 rings (SSSR count).